The highest BCUT2D eigenvalue weighted by molar-refractivity contribution is 9.10. The molecule has 0 N–H and O–H groups in total. The first-order valence-corrected chi connectivity index (χ1v) is 15.5. The van der Waals surface area contributed by atoms with Crippen LogP contribution < -0.4 is 33.8 Å². The quantitative estimate of drug-likeness (QED) is 0.202. The maximum atomic E-state index is 14.1. The van der Waals surface area contributed by atoms with Gasteiger partial charge >= 0.3 is 5.97 Å². The monoisotopic (exact) mass is 678 g/mol. The molecule has 2 heterocycles. The van der Waals surface area contributed by atoms with E-state index in [1.54, 1.807) is 25.3 Å². The van der Waals surface area contributed by atoms with Crippen LogP contribution in [-0.4, -0.2) is 38.0 Å². The highest BCUT2D eigenvalue weighted by Crippen LogP contribution is 2.37. The van der Waals surface area contributed by atoms with Gasteiger partial charge in [0.1, 0.15) is 6.61 Å². The number of thiazole rings is 1. The van der Waals surface area contributed by atoms with Crippen molar-refractivity contribution in [3.8, 4) is 23.0 Å². The zero-order valence-corrected chi connectivity index (χ0v) is 27.1. The minimum absolute atomic E-state index is 0.217. The fraction of sp³-hybridized carbons (Fsp3) is 0.242. The molecule has 0 amide bonds. The lowest BCUT2D eigenvalue weighted by atomic mass is 9.97. The van der Waals surface area contributed by atoms with E-state index in [0.717, 1.165) is 10.0 Å². The fourth-order valence-electron chi connectivity index (χ4n) is 4.86. The largest absolute Gasteiger partial charge is 0.493 e. The Bertz CT molecular complexity index is 1880. The second-order valence-corrected chi connectivity index (χ2v) is 11.5. The summed E-state index contributed by atoms with van der Waals surface area (Å²) in [6.07, 6.45) is 3.21. The predicted molar refractivity (Wildman–Crippen MR) is 171 cm³/mol. The van der Waals surface area contributed by atoms with Crippen LogP contribution in [-0.2, 0) is 16.1 Å². The van der Waals surface area contributed by atoms with Gasteiger partial charge in [0.05, 0.1) is 43.6 Å². The number of esters is 1. The normalized spacial score (nSPS) is 14.2. The van der Waals surface area contributed by atoms with Gasteiger partial charge in [0.25, 0.3) is 5.56 Å². The van der Waals surface area contributed by atoms with Crippen molar-refractivity contribution in [2.45, 2.75) is 26.5 Å². The van der Waals surface area contributed by atoms with Gasteiger partial charge in [-0.25, -0.2) is 9.79 Å². The molecule has 3 aromatic carbocycles. The number of ether oxygens (including phenoxy) is 5. The van der Waals surface area contributed by atoms with E-state index in [1.807, 2.05) is 62.4 Å². The summed E-state index contributed by atoms with van der Waals surface area (Å²) in [5.74, 6) is 1.49. The molecular formula is C33H31BrN2O7S. The predicted octanol–water partition coefficient (Wildman–Crippen LogP) is 5.17. The first-order chi connectivity index (χ1) is 21.4. The summed E-state index contributed by atoms with van der Waals surface area (Å²) in [5.41, 5.74) is 2.16. The Morgan fingerprint density at radius 1 is 0.977 bits per heavy atom. The third-order valence-electron chi connectivity index (χ3n) is 6.79. The summed E-state index contributed by atoms with van der Waals surface area (Å²) in [4.78, 5) is 32.0. The number of carbonyl (C=O) groups excluding carboxylic acids is 1. The zero-order chi connectivity index (χ0) is 31.2. The summed E-state index contributed by atoms with van der Waals surface area (Å²) in [5, 5.41) is 0. The van der Waals surface area contributed by atoms with E-state index in [-0.39, 0.29) is 11.1 Å². The topological polar surface area (TPSA) is 97.6 Å². The first kappa shape index (κ1) is 31.1. The van der Waals surface area contributed by atoms with Crippen LogP contribution in [0.2, 0.25) is 0 Å². The number of halogens is 1. The molecule has 0 saturated carbocycles. The first-order valence-electron chi connectivity index (χ1n) is 13.9. The van der Waals surface area contributed by atoms with E-state index >= 15 is 0 Å². The number of rotatable bonds is 11. The lowest BCUT2D eigenvalue weighted by Crippen LogP contribution is -2.39. The van der Waals surface area contributed by atoms with Gasteiger partial charge in [0.15, 0.2) is 27.8 Å². The van der Waals surface area contributed by atoms with Gasteiger partial charge in [0.2, 0.25) is 0 Å². The summed E-state index contributed by atoms with van der Waals surface area (Å²) in [6, 6.07) is 18.0. The average molecular weight is 680 g/mol. The van der Waals surface area contributed by atoms with Gasteiger partial charge in [-0.1, -0.05) is 63.7 Å². The molecule has 44 heavy (non-hydrogen) atoms. The number of fused-ring (bicyclic) bond motifs is 1. The van der Waals surface area contributed by atoms with E-state index in [2.05, 4.69) is 20.9 Å². The molecule has 1 atom stereocenters. The van der Waals surface area contributed by atoms with Crippen LogP contribution in [0.15, 0.2) is 86.7 Å². The second-order valence-electron chi connectivity index (χ2n) is 9.55. The molecule has 1 aliphatic heterocycles. The lowest BCUT2D eigenvalue weighted by molar-refractivity contribution is -0.136. The van der Waals surface area contributed by atoms with Crippen molar-refractivity contribution in [1.29, 1.82) is 0 Å². The third-order valence-corrected chi connectivity index (χ3v) is 8.24. The Morgan fingerprint density at radius 2 is 1.73 bits per heavy atom. The molecule has 0 unspecified atom stereocenters. The van der Waals surface area contributed by atoms with Crippen LogP contribution in [0.5, 0.6) is 23.0 Å². The summed E-state index contributed by atoms with van der Waals surface area (Å²) >= 11 is 4.75. The smallest absolute Gasteiger partial charge is 0.337 e. The molecule has 0 saturated heterocycles. The van der Waals surface area contributed by atoms with Crippen molar-refractivity contribution in [1.82, 2.24) is 4.57 Å². The second kappa shape index (κ2) is 14.0. The molecule has 1 aliphatic rings. The number of benzene rings is 3. The van der Waals surface area contributed by atoms with Crippen LogP contribution in [0, 0.1) is 0 Å². The minimum atomic E-state index is -0.804. The summed E-state index contributed by atoms with van der Waals surface area (Å²) in [7, 11) is 2.86. The van der Waals surface area contributed by atoms with Crippen molar-refractivity contribution in [2.75, 3.05) is 27.4 Å². The maximum absolute atomic E-state index is 14.1. The number of carbonyl (C=O) groups is 1. The molecule has 0 spiro atoms. The van der Waals surface area contributed by atoms with Gasteiger partial charge in [-0.15, -0.1) is 0 Å². The molecular weight excluding hydrogens is 648 g/mol. The Morgan fingerprint density at radius 3 is 2.43 bits per heavy atom. The number of methoxy groups -OCH3 is 2. The third kappa shape index (κ3) is 6.44. The number of hydrogen-bond acceptors (Lipinski definition) is 9. The Balaban J connectivity index is 1.65. The Kier molecular flexibility index (Phi) is 9.86. The Labute approximate surface area is 266 Å². The highest BCUT2D eigenvalue weighted by atomic mass is 79.9. The van der Waals surface area contributed by atoms with Crippen LogP contribution in [0.25, 0.3) is 6.08 Å². The fourth-order valence-corrected chi connectivity index (χ4v) is 6.28. The van der Waals surface area contributed by atoms with Crippen molar-refractivity contribution in [2.24, 2.45) is 4.99 Å². The molecule has 0 aliphatic carbocycles. The van der Waals surface area contributed by atoms with Crippen molar-refractivity contribution in [3.05, 3.63) is 113 Å². The van der Waals surface area contributed by atoms with Crippen LogP contribution in [0.3, 0.4) is 0 Å². The highest BCUT2D eigenvalue weighted by Gasteiger charge is 2.31. The van der Waals surface area contributed by atoms with Gasteiger partial charge in [0, 0.05) is 16.2 Å². The average Bonchev–Trinajstić information content (AvgIpc) is 3.35. The number of hydrogen-bond donors (Lipinski definition) is 0. The van der Waals surface area contributed by atoms with Crippen LogP contribution in [0.1, 0.15) is 36.6 Å². The van der Waals surface area contributed by atoms with Gasteiger partial charge < -0.3 is 23.7 Å². The van der Waals surface area contributed by atoms with Crippen molar-refractivity contribution < 1.29 is 28.5 Å². The van der Waals surface area contributed by atoms with E-state index in [1.165, 1.54) is 29.2 Å². The molecule has 4 aromatic rings. The molecule has 0 fully saturated rings. The maximum Gasteiger partial charge on any atom is 0.337 e. The van der Waals surface area contributed by atoms with E-state index in [0.29, 0.717) is 63.3 Å². The van der Waals surface area contributed by atoms with Crippen LogP contribution in [0.4, 0.5) is 0 Å². The molecule has 5 rings (SSSR count). The van der Waals surface area contributed by atoms with Crippen molar-refractivity contribution >= 4 is 39.3 Å². The zero-order valence-electron chi connectivity index (χ0n) is 24.7. The SMILES string of the molecule is CCOc1ccc([C@H]2C(C(=O)OC)=CN=c3s/c(=C/c4cc(Br)cc(OC)c4OCc4ccccc4)c(=O)n32)cc1OCC. The van der Waals surface area contributed by atoms with Gasteiger partial charge in [-0.2, -0.15) is 0 Å². The van der Waals surface area contributed by atoms with Crippen LogP contribution >= 0.6 is 27.3 Å². The van der Waals surface area contributed by atoms with Crippen molar-refractivity contribution in [3.63, 3.8) is 0 Å². The molecule has 11 heteroatoms. The van der Waals surface area contributed by atoms with Gasteiger partial charge in [-0.05, 0) is 55.3 Å². The molecule has 1 aromatic heterocycles. The van der Waals surface area contributed by atoms with Gasteiger partial charge in [-0.3, -0.25) is 9.36 Å². The minimum Gasteiger partial charge on any atom is -0.493 e. The molecule has 228 valence electrons. The number of aromatic nitrogens is 1. The Hall–Kier alpha value is -4.35. The molecule has 9 nitrogen and oxygen atoms in total. The molecule has 0 radical (unpaired) electrons. The lowest BCUT2D eigenvalue weighted by Gasteiger charge is -2.23. The van der Waals surface area contributed by atoms with E-state index in [9.17, 15) is 9.59 Å². The van der Waals surface area contributed by atoms with E-state index < -0.39 is 12.0 Å². The standard InChI is InChI=1S/C33H31BrN2O7S/c1-5-41-25-13-12-21(15-26(25)42-6-2)29-24(32(38)40-4)18-35-33-36(29)31(37)28(44-33)16-22-14-23(34)17-27(39-3)30(22)43-19-20-10-8-7-9-11-20/h7-18,29H,5-6,19H2,1-4H3/b28-16+/t29-/m0/s1. The molecule has 0 bridgehead atoms. The van der Waals surface area contributed by atoms with E-state index in [4.69, 9.17) is 23.7 Å². The summed E-state index contributed by atoms with van der Waals surface area (Å²) < 4.78 is 31.2. The summed E-state index contributed by atoms with van der Waals surface area (Å²) in [6.45, 7) is 4.94. The number of nitrogens with zero attached hydrogens (tertiary/aromatic N) is 2.